The molecule has 0 atom stereocenters. The third kappa shape index (κ3) is 5.06. The van der Waals surface area contributed by atoms with Gasteiger partial charge in [0.1, 0.15) is 5.01 Å². The molecule has 0 aromatic carbocycles. The second-order valence-corrected chi connectivity index (χ2v) is 4.75. The van der Waals surface area contributed by atoms with Crippen LogP contribution in [0, 0.1) is 6.92 Å². The molecule has 0 aliphatic heterocycles. The van der Waals surface area contributed by atoms with E-state index in [0.717, 1.165) is 17.8 Å². The molecule has 90 valence electrons. The fourth-order valence-electron chi connectivity index (χ4n) is 1.24. The Kier molecular flexibility index (Phi) is 5.77. The number of hydrogen-bond donors (Lipinski definition) is 2. The smallest absolute Gasteiger partial charge is 0.321 e. The fraction of sp³-hybridized carbons (Fsp3) is 0.700. The largest absolute Gasteiger partial charge is 0.338 e. The van der Waals surface area contributed by atoms with Crippen LogP contribution in [0.2, 0.25) is 0 Å². The van der Waals surface area contributed by atoms with E-state index < -0.39 is 0 Å². The third-order valence-electron chi connectivity index (χ3n) is 2.06. The Bertz CT molecular complexity index is 326. The zero-order valence-corrected chi connectivity index (χ0v) is 10.6. The molecule has 2 amide bonds. The van der Waals surface area contributed by atoms with Crippen molar-refractivity contribution in [3.05, 3.63) is 5.01 Å². The normalized spacial score (nSPS) is 10.1. The Hall–Kier alpha value is -1.17. The summed E-state index contributed by atoms with van der Waals surface area (Å²) in [6, 6.07) is -0.201. The number of nitrogens with zero attached hydrogens (tertiary/aromatic N) is 2. The number of nitrogens with one attached hydrogen (secondary N) is 2. The number of carbonyl (C=O) groups excluding carboxylic acids is 1. The lowest BCUT2D eigenvalue weighted by Crippen LogP contribution is -2.29. The van der Waals surface area contributed by atoms with E-state index in [2.05, 4.69) is 27.8 Å². The number of carbonyl (C=O) groups is 1. The standard InChI is InChI=1S/C10H18N4OS/c1-3-4-5-6-7-11-9(15)12-10-14-13-8(2)16-10/h3-7H2,1-2H3,(H2,11,12,14,15). The van der Waals surface area contributed by atoms with Gasteiger partial charge in [0.2, 0.25) is 5.13 Å². The van der Waals surface area contributed by atoms with Gasteiger partial charge in [-0.2, -0.15) is 0 Å². The first-order chi connectivity index (χ1) is 7.72. The minimum Gasteiger partial charge on any atom is -0.338 e. The molecule has 0 aliphatic carbocycles. The Labute approximate surface area is 99.7 Å². The second-order valence-electron chi connectivity index (χ2n) is 3.57. The Morgan fingerprint density at radius 1 is 1.31 bits per heavy atom. The van der Waals surface area contributed by atoms with Gasteiger partial charge in [-0.1, -0.05) is 37.5 Å². The van der Waals surface area contributed by atoms with E-state index in [1.54, 1.807) is 0 Å². The van der Waals surface area contributed by atoms with Crippen LogP contribution < -0.4 is 10.6 Å². The highest BCUT2D eigenvalue weighted by Gasteiger charge is 2.04. The molecule has 0 spiro atoms. The lowest BCUT2D eigenvalue weighted by Gasteiger charge is -2.04. The van der Waals surface area contributed by atoms with E-state index in [-0.39, 0.29) is 6.03 Å². The molecular weight excluding hydrogens is 224 g/mol. The second kappa shape index (κ2) is 7.16. The van der Waals surface area contributed by atoms with Gasteiger partial charge in [-0.3, -0.25) is 5.32 Å². The Morgan fingerprint density at radius 2 is 2.12 bits per heavy atom. The molecule has 6 heteroatoms. The zero-order chi connectivity index (χ0) is 11.8. The van der Waals surface area contributed by atoms with Crippen molar-refractivity contribution in [2.75, 3.05) is 11.9 Å². The van der Waals surface area contributed by atoms with Gasteiger partial charge in [0.05, 0.1) is 0 Å². The number of rotatable bonds is 6. The lowest BCUT2D eigenvalue weighted by molar-refractivity contribution is 0.252. The van der Waals surface area contributed by atoms with E-state index in [4.69, 9.17) is 0 Å². The number of aromatic nitrogens is 2. The van der Waals surface area contributed by atoms with Crippen molar-refractivity contribution in [2.24, 2.45) is 0 Å². The van der Waals surface area contributed by atoms with Crippen LogP contribution in [0.25, 0.3) is 0 Å². The van der Waals surface area contributed by atoms with Crippen LogP contribution in [0.1, 0.15) is 37.6 Å². The maximum atomic E-state index is 11.4. The molecule has 1 rings (SSSR count). The number of aryl methyl sites for hydroxylation is 1. The maximum absolute atomic E-state index is 11.4. The van der Waals surface area contributed by atoms with Crippen molar-refractivity contribution < 1.29 is 4.79 Å². The predicted molar refractivity (Wildman–Crippen MR) is 65.8 cm³/mol. The average molecular weight is 242 g/mol. The summed E-state index contributed by atoms with van der Waals surface area (Å²) in [7, 11) is 0. The van der Waals surface area contributed by atoms with Gasteiger partial charge in [0.25, 0.3) is 0 Å². The molecule has 5 nitrogen and oxygen atoms in total. The highest BCUT2D eigenvalue weighted by molar-refractivity contribution is 7.15. The first-order valence-electron chi connectivity index (χ1n) is 5.57. The molecule has 0 saturated heterocycles. The molecule has 0 radical (unpaired) electrons. The highest BCUT2D eigenvalue weighted by atomic mass is 32.1. The summed E-state index contributed by atoms with van der Waals surface area (Å²) < 4.78 is 0. The molecule has 1 aromatic rings. The van der Waals surface area contributed by atoms with Crippen molar-refractivity contribution in [1.82, 2.24) is 15.5 Å². The topological polar surface area (TPSA) is 66.9 Å². The van der Waals surface area contributed by atoms with Crippen LogP contribution >= 0.6 is 11.3 Å². The summed E-state index contributed by atoms with van der Waals surface area (Å²) >= 11 is 1.37. The molecule has 0 fully saturated rings. The van der Waals surface area contributed by atoms with Gasteiger partial charge in [0.15, 0.2) is 0 Å². The summed E-state index contributed by atoms with van der Waals surface area (Å²) in [4.78, 5) is 11.4. The molecule has 16 heavy (non-hydrogen) atoms. The maximum Gasteiger partial charge on any atom is 0.321 e. The van der Waals surface area contributed by atoms with Gasteiger partial charge < -0.3 is 5.32 Å². The van der Waals surface area contributed by atoms with Crippen molar-refractivity contribution >= 4 is 22.5 Å². The molecule has 0 bridgehead atoms. The zero-order valence-electron chi connectivity index (χ0n) is 9.75. The molecule has 0 saturated carbocycles. The highest BCUT2D eigenvalue weighted by Crippen LogP contribution is 2.12. The predicted octanol–water partition coefficient (Wildman–Crippen LogP) is 2.55. The molecule has 0 aliphatic rings. The van der Waals surface area contributed by atoms with Crippen LogP contribution in [0.15, 0.2) is 0 Å². The van der Waals surface area contributed by atoms with E-state index in [9.17, 15) is 4.79 Å². The van der Waals surface area contributed by atoms with Crippen molar-refractivity contribution in [1.29, 1.82) is 0 Å². The molecule has 1 aromatic heterocycles. The van der Waals surface area contributed by atoms with E-state index in [1.807, 2.05) is 6.92 Å². The van der Waals surface area contributed by atoms with E-state index in [1.165, 1.54) is 24.2 Å². The van der Waals surface area contributed by atoms with Crippen LogP contribution in [-0.2, 0) is 0 Å². The van der Waals surface area contributed by atoms with Gasteiger partial charge in [-0.15, -0.1) is 10.2 Å². The van der Waals surface area contributed by atoms with Gasteiger partial charge >= 0.3 is 6.03 Å². The average Bonchev–Trinajstić information content (AvgIpc) is 2.63. The quantitative estimate of drug-likeness (QED) is 0.753. The Morgan fingerprint density at radius 3 is 2.75 bits per heavy atom. The number of hydrogen-bond acceptors (Lipinski definition) is 4. The molecule has 2 N–H and O–H groups in total. The fourth-order valence-corrected chi connectivity index (χ4v) is 1.83. The van der Waals surface area contributed by atoms with E-state index >= 15 is 0 Å². The van der Waals surface area contributed by atoms with Crippen molar-refractivity contribution in [3.63, 3.8) is 0 Å². The van der Waals surface area contributed by atoms with Crippen LogP contribution in [-0.4, -0.2) is 22.8 Å². The number of anilines is 1. The summed E-state index contributed by atoms with van der Waals surface area (Å²) in [5, 5.41) is 14.5. The van der Waals surface area contributed by atoms with Crippen LogP contribution in [0.3, 0.4) is 0 Å². The van der Waals surface area contributed by atoms with Gasteiger partial charge in [-0.25, -0.2) is 4.79 Å². The summed E-state index contributed by atoms with van der Waals surface area (Å²) in [6.07, 6.45) is 4.61. The SMILES string of the molecule is CCCCCCNC(=O)Nc1nnc(C)s1. The monoisotopic (exact) mass is 242 g/mol. The summed E-state index contributed by atoms with van der Waals surface area (Å²) in [5.74, 6) is 0. The summed E-state index contributed by atoms with van der Waals surface area (Å²) in [6.45, 7) is 4.73. The van der Waals surface area contributed by atoms with Crippen LogP contribution in [0.5, 0.6) is 0 Å². The molecular formula is C10H18N4OS. The van der Waals surface area contributed by atoms with Gasteiger partial charge in [-0.05, 0) is 13.3 Å². The number of urea groups is 1. The molecule has 0 unspecified atom stereocenters. The lowest BCUT2D eigenvalue weighted by atomic mass is 10.2. The minimum absolute atomic E-state index is 0.201. The Balaban J connectivity index is 2.11. The summed E-state index contributed by atoms with van der Waals surface area (Å²) in [5.41, 5.74) is 0. The third-order valence-corrected chi connectivity index (χ3v) is 2.82. The van der Waals surface area contributed by atoms with Gasteiger partial charge in [0, 0.05) is 6.54 Å². The first-order valence-corrected chi connectivity index (χ1v) is 6.39. The number of unbranched alkanes of at least 4 members (excludes halogenated alkanes) is 3. The van der Waals surface area contributed by atoms with Crippen LogP contribution in [0.4, 0.5) is 9.93 Å². The van der Waals surface area contributed by atoms with Crippen molar-refractivity contribution in [2.45, 2.75) is 39.5 Å². The molecule has 1 heterocycles. The number of amides is 2. The van der Waals surface area contributed by atoms with Crippen molar-refractivity contribution in [3.8, 4) is 0 Å². The van der Waals surface area contributed by atoms with E-state index in [0.29, 0.717) is 11.7 Å². The first kappa shape index (κ1) is 12.9. The minimum atomic E-state index is -0.201.